The van der Waals surface area contributed by atoms with E-state index in [0.29, 0.717) is 12.0 Å². The van der Waals surface area contributed by atoms with Gasteiger partial charge in [-0.2, -0.15) is 0 Å². The molecule has 0 saturated heterocycles. The molecule has 1 aromatic heterocycles. The number of aliphatic hydroxyl groups is 1. The number of hydrogen-bond donors (Lipinski definition) is 2. The van der Waals surface area contributed by atoms with Crippen LogP contribution in [-0.2, 0) is 4.79 Å². The van der Waals surface area contributed by atoms with Gasteiger partial charge in [0.05, 0.1) is 0 Å². The third-order valence-electron chi connectivity index (χ3n) is 3.49. The van der Waals surface area contributed by atoms with Gasteiger partial charge in [-0.3, -0.25) is 0 Å². The zero-order valence-electron chi connectivity index (χ0n) is 10.7. The Balaban J connectivity index is 1.76. The van der Waals surface area contributed by atoms with E-state index in [-0.39, 0.29) is 5.75 Å². The molecule has 0 spiro atoms. The summed E-state index contributed by atoms with van der Waals surface area (Å²) in [6, 6.07) is 0.475. The normalized spacial score (nSPS) is 22.2. The fourth-order valence-electron chi connectivity index (χ4n) is 1.95. The summed E-state index contributed by atoms with van der Waals surface area (Å²) in [5.41, 5.74) is -1.73. The van der Waals surface area contributed by atoms with Crippen LogP contribution in [0.4, 0.5) is 0 Å². The maximum Gasteiger partial charge on any atom is 0.336 e. The lowest BCUT2D eigenvalue weighted by Crippen LogP contribution is -2.37. The number of aliphatic carboxylic acids is 1. The summed E-state index contributed by atoms with van der Waals surface area (Å²) >= 11 is 1.28. The lowest BCUT2D eigenvalue weighted by Gasteiger charge is -2.17. The number of carboxylic acid groups (broad SMARTS) is 1. The highest BCUT2D eigenvalue weighted by Gasteiger charge is 2.37. The molecule has 104 valence electrons. The van der Waals surface area contributed by atoms with Crippen molar-refractivity contribution in [1.29, 1.82) is 0 Å². The van der Waals surface area contributed by atoms with Gasteiger partial charge in [-0.15, -0.1) is 10.2 Å². The third-order valence-corrected chi connectivity index (χ3v) is 4.73. The minimum Gasteiger partial charge on any atom is -0.479 e. The van der Waals surface area contributed by atoms with Crippen molar-refractivity contribution < 1.29 is 15.0 Å². The number of nitrogens with zero attached hydrogens (tertiary/aromatic N) is 3. The standard InChI is InChI=1S/C12H17N3O3S/c1-12(18,10(16)17)6-19-11-14-13-9(7-2-3-7)15(11)8-4-5-8/h7-8,18H,2-6H2,1H3,(H,16,17). The number of thioether (sulfide) groups is 1. The second-order valence-corrected chi connectivity index (χ2v) is 6.53. The minimum atomic E-state index is -1.73. The van der Waals surface area contributed by atoms with Gasteiger partial charge in [0.25, 0.3) is 0 Å². The Kier molecular flexibility index (Phi) is 3.05. The van der Waals surface area contributed by atoms with E-state index in [0.717, 1.165) is 23.8 Å². The van der Waals surface area contributed by atoms with Crippen LogP contribution >= 0.6 is 11.8 Å². The number of carbonyl (C=O) groups is 1. The molecule has 0 aromatic carbocycles. The molecule has 2 aliphatic carbocycles. The van der Waals surface area contributed by atoms with Crippen LogP contribution in [0.2, 0.25) is 0 Å². The van der Waals surface area contributed by atoms with Crippen molar-refractivity contribution in [3.63, 3.8) is 0 Å². The molecule has 2 fully saturated rings. The molecule has 3 rings (SSSR count). The summed E-state index contributed by atoms with van der Waals surface area (Å²) in [7, 11) is 0. The van der Waals surface area contributed by atoms with Gasteiger partial charge in [-0.25, -0.2) is 4.79 Å². The van der Waals surface area contributed by atoms with Crippen molar-refractivity contribution in [3.05, 3.63) is 5.82 Å². The van der Waals surface area contributed by atoms with Gasteiger partial charge in [-0.1, -0.05) is 11.8 Å². The van der Waals surface area contributed by atoms with Gasteiger partial charge >= 0.3 is 5.97 Å². The summed E-state index contributed by atoms with van der Waals surface area (Å²) < 4.78 is 2.15. The first-order chi connectivity index (χ1) is 8.99. The second kappa shape index (κ2) is 4.49. The quantitative estimate of drug-likeness (QED) is 0.768. The van der Waals surface area contributed by atoms with Gasteiger partial charge in [0, 0.05) is 17.7 Å². The van der Waals surface area contributed by atoms with E-state index in [2.05, 4.69) is 14.8 Å². The van der Waals surface area contributed by atoms with Crippen LogP contribution in [0, 0.1) is 0 Å². The maximum atomic E-state index is 10.9. The van der Waals surface area contributed by atoms with E-state index < -0.39 is 11.6 Å². The highest BCUT2D eigenvalue weighted by Crippen LogP contribution is 2.46. The third kappa shape index (κ3) is 2.62. The molecular formula is C12H17N3O3S. The average molecular weight is 283 g/mol. The van der Waals surface area contributed by atoms with E-state index in [1.807, 2.05) is 0 Å². The highest BCUT2D eigenvalue weighted by molar-refractivity contribution is 7.99. The van der Waals surface area contributed by atoms with Crippen LogP contribution < -0.4 is 0 Å². The lowest BCUT2D eigenvalue weighted by atomic mass is 10.1. The number of carboxylic acids is 1. The van der Waals surface area contributed by atoms with Crippen molar-refractivity contribution in [2.75, 3.05) is 5.75 Å². The largest absolute Gasteiger partial charge is 0.479 e. The summed E-state index contributed by atoms with van der Waals surface area (Å²) in [5, 5.41) is 27.8. The van der Waals surface area contributed by atoms with Gasteiger partial charge in [0.2, 0.25) is 0 Å². The van der Waals surface area contributed by atoms with E-state index in [1.54, 1.807) is 0 Å². The molecule has 2 aliphatic rings. The van der Waals surface area contributed by atoms with Crippen LogP contribution in [0.1, 0.15) is 50.4 Å². The first kappa shape index (κ1) is 12.9. The fourth-order valence-corrected chi connectivity index (χ4v) is 2.96. The molecule has 6 nitrogen and oxygen atoms in total. The van der Waals surface area contributed by atoms with Crippen molar-refractivity contribution in [1.82, 2.24) is 14.8 Å². The number of aromatic nitrogens is 3. The molecule has 0 radical (unpaired) electrons. The van der Waals surface area contributed by atoms with Crippen molar-refractivity contribution in [2.24, 2.45) is 0 Å². The molecule has 7 heteroatoms. The first-order valence-corrected chi connectivity index (χ1v) is 7.51. The van der Waals surface area contributed by atoms with Crippen LogP contribution in [0.15, 0.2) is 5.16 Å². The Labute approximate surface area is 115 Å². The molecule has 1 unspecified atom stereocenters. The van der Waals surface area contributed by atoms with E-state index in [4.69, 9.17) is 5.11 Å². The highest BCUT2D eigenvalue weighted by atomic mass is 32.2. The van der Waals surface area contributed by atoms with Crippen molar-refractivity contribution in [3.8, 4) is 0 Å². The van der Waals surface area contributed by atoms with E-state index in [9.17, 15) is 9.90 Å². The monoisotopic (exact) mass is 283 g/mol. The number of hydrogen-bond acceptors (Lipinski definition) is 5. The fraction of sp³-hybridized carbons (Fsp3) is 0.750. The van der Waals surface area contributed by atoms with Crippen molar-refractivity contribution >= 4 is 17.7 Å². The Morgan fingerprint density at radius 3 is 2.63 bits per heavy atom. The van der Waals surface area contributed by atoms with Gasteiger partial charge in [0.1, 0.15) is 5.82 Å². The predicted molar refractivity (Wildman–Crippen MR) is 69.3 cm³/mol. The van der Waals surface area contributed by atoms with Crippen molar-refractivity contribution in [2.45, 2.75) is 55.3 Å². The summed E-state index contributed by atoms with van der Waals surface area (Å²) in [6.45, 7) is 1.31. The number of rotatable bonds is 6. The Bertz CT molecular complexity index is 506. The predicted octanol–water partition coefficient (Wildman–Crippen LogP) is 1.42. The minimum absolute atomic E-state index is 0.0812. The molecule has 1 aromatic rings. The second-order valence-electron chi connectivity index (χ2n) is 5.58. The average Bonchev–Trinajstić information content (AvgIpc) is 3.25. The topological polar surface area (TPSA) is 88.2 Å². The summed E-state index contributed by atoms with van der Waals surface area (Å²) in [5.74, 6) is 0.444. The van der Waals surface area contributed by atoms with Gasteiger partial charge in [0.15, 0.2) is 10.8 Å². The maximum absolute atomic E-state index is 10.9. The molecular weight excluding hydrogens is 266 g/mol. The molecule has 0 aliphatic heterocycles. The summed E-state index contributed by atoms with van der Waals surface area (Å²) in [6.07, 6.45) is 4.62. The molecule has 2 saturated carbocycles. The molecule has 2 N–H and O–H groups in total. The van der Waals surface area contributed by atoms with Crippen LogP contribution in [0.25, 0.3) is 0 Å². The molecule has 0 amide bonds. The molecule has 0 bridgehead atoms. The van der Waals surface area contributed by atoms with Gasteiger partial charge < -0.3 is 14.8 Å². The first-order valence-electron chi connectivity index (χ1n) is 6.52. The Morgan fingerprint density at radius 2 is 2.11 bits per heavy atom. The van der Waals surface area contributed by atoms with Crippen LogP contribution in [0.3, 0.4) is 0 Å². The SMILES string of the molecule is CC(O)(CSc1nnc(C2CC2)n1C1CC1)C(=O)O. The molecule has 1 atom stereocenters. The lowest BCUT2D eigenvalue weighted by molar-refractivity contribution is -0.154. The zero-order valence-corrected chi connectivity index (χ0v) is 11.6. The Hall–Kier alpha value is -1.08. The smallest absolute Gasteiger partial charge is 0.336 e. The van der Waals surface area contributed by atoms with Crippen LogP contribution in [0.5, 0.6) is 0 Å². The molecule has 1 heterocycles. The molecule has 19 heavy (non-hydrogen) atoms. The Morgan fingerprint density at radius 1 is 1.42 bits per heavy atom. The summed E-state index contributed by atoms with van der Waals surface area (Å²) in [4.78, 5) is 10.9. The van der Waals surface area contributed by atoms with Gasteiger partial charge in [-0.05, 0) is 32.6 Å². The van der Waals surface area contributed by atoms with E-state index in [1.165, 1.54) is 31.5 Å². The van der Waals surface area contributed by atoms with E-state index >= 15 is 0 Å². The van der Waals surface area contributed by atoms with Crippen LogP contribution in [-0.4, -0.2) is 42.3 Å². The zero-order chi connectivity index (χ0) is 13.6.